The largest absolute Gasteiger partial charge is 0.482 e. The van der Waals surface area contributed by atoms with Gasteiger partial charge in [-0.2, -0.15) is 0 Å². The number of carbonyl (C=O) groups is 1. The molecule has 1 aliphatic heterocycles. The van der Waals surface area contributed by atoms with Crippen molar-refractivity contribution < 1.29 is 9.53 Å². The highest BCUT2D eigenvalue weighted by molar-refractivity contribution is 5.97. The second kappa shape index (κ2) is 4.76. The minimum absolute atomic E-state index is 0.00985. The first-order chi connectivity index (χ1) is 9.24. The predicted octanol–water partition coefficient (Wildman–Crippen LogP) is 2.63. The normalized spacial score (nSPS) is 13.9. The molecule has 2 aromatic carbocycles. The molecule has 0 radical (unpaired) electrons. The summed E-state index contributed by atoms with van der Waals surface area (Å²) in [6.07, 6.45) is 0.857. The van der Waals surface area contributed by atoms with E-state index in [2.05, 4.69) is 18.2 Å². The van der Waals surface area contributed by atoms with Crippen molar-refractivity contribution in [3.05, 3.63) is 59.7 Å². The SMILES string of the molecule is CN1C(=O)COc2ccc(Cc3ccccc3)cc21. The Morgan fingerprint density at radius 1 is 1.11 bits per heavy atom. The first kappa shape index (κ1) is 11.8. The summed E-state index contributed by atoms with van der Waals surface area (Å²) in [4.78, 5) is 13.3. The molecule has 2 aromatic rings. The van der Waals surface area contributed by atoms with Crippen LogP contribution >= 0.6 is 0 Å². The molecule has 0 unspecified atom stereocenters. The van der Waals surface area contributed by atoms with Gasteiger partial charge in [0.1, 0.15) is 5.75 Å². The molecule has 0 aromatic heterocycles. The number of ether oxygens (including phenoxy) is 1. The standard InChI is InChI=1S/C16H15NO2/c1-17-14-10-13(9-12-5-3-2-4-6-12)7-8-15(14)19-11-16(17)18/h2-8,10H,9,11H2,1H3. The highest BCUT2D eigenvalue weighted by Gasteiger charge is 2.22. The van der Waals surface area contributed by atoms with Crippen molar-refractivity contribution >= 4 is 11.6 Å². The second-order valence-corrected chi connectivity index (χ2v) is 4.71. The van der Waals surface area contributed by atoms with Crippen molar-refractivity contribution in [3.63, 3.8) is 0 Å². The van der Waals surface area contributed by atoms with Crippen LogP contribution in [0.25, 0.3) is 0 Å². The second-order valence-electron chi connectivity index (χ2n) is 4.71. The lowest BCUT2D eigenvalue weighted by Crippen LogP contribution is -2.35. The Bertz CT molecular complexity index is 607. The van der Waals surface area contributed by atoms with E-state index in [4.69, 9.17) is 4.74 Å². The molecule has 96 valence electrons. The first-order valence-electron chi connectivity index (χ1n) is 6.30. The summed E-state index contributed by atoms with van der Waals surface area (Å²) in [5, 5.41) is 0. The summed E-state index contributed by atoms with van der Waals surface area (Å²) in [6.45, 7) is 0.127. The first-order valence-corrected chi connectivity index (χ1v) is 6.30. The van der Waals surface area contributed by atoms with E-state index in [1.165, 1.54) is 11.1 Å². The fourth-order valence-corrected chi connectivity index (χ4v) is 2.26. The number of hydrogen-bond acceptors (Lipinski definition) is 2. The lowest BCUT2D eigenvalue weighted by atomic mass is 10.0. The van der Waals surface area contributed by atoms with Crippen LogP contribution in [0.15, 0.2) is 48.5 Å². The molecule has 3 nitrogen and oxygen atoms in total. The quantitative estimate of drug-likeness (QED) is 0.823. The van der Waals surface area contributed by atoms with Crippen LogP contribution < -0.4 is 9.64 Å². The Hall–Kier alpha value is -2.29. The van der Waals surface area contributed by atoms with Gasteiger partial charge in [0.2, 0.25) is 0 Å². The molecule has 0 bridgehead atoms. The lowest BCUT2D eigenvalue weighted by molar-refractivity contribution is -0.120. The lowest BCUT2D eigenvalue weighted by Gasteiger charge is -2.26. The molecule has 3 rings (SSSR count). The summed E-state index contributed by atoms with van der Waals surface area (Å²) < 4.78 is 5.42. The van der Waals surface area contributed by atoms with Gasteiger partial charge in [-0.05, 0) is 29.7 Å². The maximum absolute atomic E-state index is 11.6. The van der Waals surface area contributed by atoms with E-state index in [-0.39, 0.29) is 12.5 Å². The number of benzene rings is 2. The van der Waals surface area contributed by atoms with Crippen molar-refractivity contribution in [1.29, 1.82) is 0 Å². The zero-order chi connectivity index (χ0) is 13.2. The maximum atomic E-state index is 11.6. The zero-order valence-electron chi connectivity index (χ0n) is 10.8. The topological polar surface area (TPSA) is 29.5 Å². The fraction of sp³-hybridized carbons (Fsp3) is 0.188. The van der Waals surface area contributed by atoms with Crippen LogP contribution in [0, 0.1) is 0 Å². The third-order valence-corrected chi connectivity index (χ3v) is 3.36. The van der Waals surface area contributed by atoms with Crippen LogP contribution in [0.3, 0.4) is 0 Å². The van der Waals surface area contributed by atoms with Gasteiger partial charge in [-0.15, -0.1) is 0 Å². The number of amides is 1. The highest BCUT2D eigenvalue weighted by atomic mass is 16.5. The Balaban J connectivity index is 1.91. The van der Waals surface area contributed by atoms with Crippen LogP contribution in [0.4, 0.5) is 5.69 Å². The average molecular weight is 253 g/mol. The van der Waals surface area contributed by atoms with Crippen molar-refractivity contribution in [2.24, 2.45) is 0 Å². The molecule has 0 aliphatic carbocycles. The summed E-state index contributed by atoms with van der Waals surface area (Å²) in [7, 11) is 1.79. The fourth-order valence-electron chi connectivity index (χ4n) is 2.26. The van der Waals surface area contributed by atoms with Crippen LogP contribution in [0.5, 0.6) is 5.75 Å². The monoisotopic (exact) mass is 253 g/mol. The third kappa shape index (κ3) is 2.32. The van der Waals surface area contributed by atoms with Crippen LogP contribution in [-0.4, -0.2) is 19.6 Å². The third-order valence-electron chi connectivity index (χ3n) is 3.36. The summed E-state index contributed by atoms with van der Waals surface area (Å²) >= 11 is 0. The van der Waals surface area contributed by atoms with Crippen LogP contribution in [-0.2, 0) is 11.2 Å². The smallest absolute Gasteiger partial charge is 0.264 e. The Labute approximate surface area is 112 Å². The van der Waals surface area contributed by atoms with Crippen molar-refractivity contribution in [2.75, 3.05) is 18.6 Å². The van der Waals surface area contributed by atoms with E-state index in [0.29, 0.717) is 0 Å². The van der Waals surface area contributed by atoms with Crippen LogP contribution in [0.2, 0.25) is 0 Å². The van der Waals surface area contributed by atoms with E-state index < -0.39 is 0 Å². The van der Waals surface area contributed by atoms with E-state index in [0.717, 1.165) is 17.9 Å². The number of carbonyl (C=O) groups excluding carboxylic acids is 1. The highest BCUT2D eigenvalue weighted by Crippen LogP contribution is 2.32. The molecule has 0 atom stereocenters. The molecular weight excluding hydrogens is 238 g/mol. The molecule has 0 spiro atoms. The van der Waals surface area contributed by atoms with E-state index in [1.54, 1.807) is 11.9 Å². The summed E-state index contributed by atoms with van der Waals surface area (Å²) in [5.74, 6) is 0.767. The molecule has 0 saturated heterocycles. The average Bonchev–Trinajstić information content (AvgIpc) is 2.45. The molecule has 19 heavy (non-hydrogen) atoms. The van der Waals surface area contributed by atoms with Gasteiger partial charge in [0.25, 0.3) is 5.91 Å². The minimum Gasteiger partial charge on any atom is -0.482 e. The summed E-state index contributed by atoms with van der Waals surface area (Å²) in [5.41, 5.74) is 3.29. The van der Waals surface area contributed by atoms with Gasteiger partial charge in [-0.1, -0.05) is 36.4 Å². The molecule has 1 amide bonds. The van der Waals surface area contributed by atoms with E-state index in [9.17, 15) is 4.79 Å². The van der Waals surface area contributed by atoms with Crippen molar-refractivity contribution in [2.45, 2.75) is 6.42 Å². The van der Waals surface area contributed by atoms with Crippen molar-refractivity contribution in [3.8, 4) is 5.75 Å². The predicted molar refractivity (Wildman–Crippen MR) is 74.6 cm³/mol. The summed E-state index contributed by atoms with van der Waals surface area (Å²) in [6, 6.07) is 16.3. The van der Waals surface area contributed by atoms with E-state index >= 15 is 0 Å². The molecule has 0 saturated carbocycles. The van der Waals surface area contributed by atoms with Gasteiger partial charge in [0, 0.05) is 7.05 Å². The molecule has 0 fully saturated rings. The van der Waals surface area contributed by atoms with E-state index in [1.807, 2.05) is 30.3 Å². The van der Waals surface area contributed by atoms with Gasteiger partial charge in [-0.25, -0.2) is 0 Å². The molecule has 0 N–H and O–H groups in total. The number of fused-ring (bicyclic) bond motifs is 1. The Kier molecular flexibility index (Phi) is 2.95. The number of rotatable bonds is 2. The molecule has 1 heterocycles. The molecule has 3 heteroatoms. The van der Waals surface area contributed by atoms with Gasteiger partial charge < -0.3 is 9.64 Å². The minimum atomic E-state index is -0.00985. The Morgan fingerprint density at radius 2 is 1.89 bits per heavy atom. The van der Waals surface area contributed by atoms with Gasteiger partial charge in [-0.3, -0.25) is 4.79 Å². The number of hydrogen-bond donors (Lipinski definition) is 0. The number of anilines is 1. The Morgan fingerprint density at radius 3 is 2.68 bits per heavy atom. The van der Waals surface area contributed by atoms with Gasteiger partial charge in [0.05, 0.1) is 5.69 Å². The van der Waals surface area contributed by atoms with Gasteiger partial charge >= 0.3 is 0 Å². The zero-order valence-corrected chi connectivity index (χ0v) is 10.8. The number of nitrogens with zero attached hydrogens (tertiary/aromatic N) is 1. The van der Waals surface area contributed by atoms with Gasteiger partial charge in [0.15, 0.2) is 6.61 Å². The number of likely N-dealkylation sites (N-methyl/N-ethyl adjacent to an activating group) is 1. The van der Waals surface area contributed by atoms with Crippen molar-refractivity contribution in [1.82, 2.24) is 0 Å². The molecule has 1 aliphatic rings. The maximum Gasteiger partial charge on any atom is 0.264 e. The van der Waals surface area contributed by atoms with Crippen LogP contribution in [0.1, 0.15) is 11.1 Å². The molecular formula is C16H15NO2.